The number of rotatable bonds is 4. The van der Waals surface area contributed by atoms with Gasteiger partial charge in [0.15, 0.2) is 5.78 Å². The number of carbonyl (C=O) groups excluding carboxylic acids is 3. The van der Waals surface area contributed by atoms with E-state index in [0.717, 1.165) is 11.3 Å². The number of hydrogen-bond acceptors (Lipinski definition) is 4. The van der Waals surface area contributed by atoms with Crippen molar-refractivity contribution < 1.29 is 19.1 Å². The molecule has 2 unspecified atom stereocenters. The Labute approximate surface area is 132 Å². The molecular weight excluding hydrogens is 308 g/mol. The van der Waals surface area contributed by atoms with Crippen LogP contribution in [0.2, 0.25) is 0 Å². The molecule has 6 nitrogen and oxygen atoms in total. The van der Waals surface area contributed by atoms with Gasteiger partial charge in [-0.2, -0.15) is 0 Å². The molecule has 2 atom stereocenters. The standard InChI is InChI=1S/C15H15ClN2O4/c1-8(19)17-7-14-12-5-10-4-9(13(20)6-16)2-3-11(10)18(12)15(21)22-14/h2-4,12,14H,5-7H2,1H3,(H,17,19). The number of cyclic esters (lactones) is 1. The van der Waals surface area contributed by atoms with E-state index in [0.29, 0.717) is 12.0 Å². The molecule has 1 aromatic rings. The third kappa shape index (κ3) is 2.43. The van der Waals surface area contributed by atoms with Gasteiger partial charge >= 0.3 is 6.09 Å². The summed E-state index contributed by atoms with van der Waals surface area (Å²) in [5.74, 6) is -0.382. The molecule has 1 N–H and O–H groups in total. The Balaban J connectivity index is 1.84. The molecule has 2 heterocycles. The number of amides is 2. The summed E-state index contributed by atoms with van der Waals surface area (Å²) < 4.78 is 5.32. The number of Topliss-reactive ketones (excluding diaryl/α,β-unsaturated/α-hetero) is 1. The summed E-state index contributed by atoms with van der Waals surface area (Å²) in [4.78, 5) is 36.4. The summed E-state index contributed by atoms with van der Waals surface area (Å²) in [5.41, 5.74) is 2.22. The van der Waals surface area contributed by atoms with Crippen LogP contribution >= 0.6 is 11.6 Å². The minimum atomic E-state index is -0.421. The maximum atomic E-state index is 12.1. The Morgan fingerprint density at radius 1 is 1.45 bits per heavy atom. The van der Waals surface area contributed by atoms with Gasteiger partial charge in [-0.15, -0.1) is 11.6 Å². The smallest absolute Gasteiger partial charge is 0.415 e. The molecule has 3 rings (SSSR count). The lowest BCUT2D eigenvalue weighted by molar-refractivity contribution is -0.119. The number of hydrogen-bond donors (Lipinski definition) is 1. The maximum absolute atomic E-state index is 12.1. The predicted molar refractivity (Wildman–Crippen MR) is 80.4 cm³/mol. The topological polar surface area (TPSA) is 75.7 Å². The van der Waals surface area contributed by atoms with Crippen molar-refractivity contribution in [2.45, 2.75) is 25.5 Å². The molecule has 1 aromatic carbocycles. The molecule has 1 fully saturated rings. The molecule has 0 aromatic heterocycles. The first kappa shape index (κ1) is 14.8. The van der Waals surface area contributed by atoms with Gasteiger partial charge in [-0.1, -0.05) is 0 Å². The normalized spacial score (nSPS) is 22.1. The Hall–Kier alpha value is -2.08. The van der Waals surface area contributed by atoms with E-state index in [1.165, 1.54) is 6.92 Å². The van der Waals surface area contributed by atoms with Crippen LogP contribution in [0.4, 0.5) is 10.5 Å². The number of nitrogens with one attached hydrogen (secondary N) is 1. The predicted octanol–water partition coefficient (Wildman–Crippen LogP) is 1.49. The van der Waals surface area contributed by atoms with Gasteiger partial charge in [0.25, 0.3) is 0 Å². The average molecular weight is 323 g/mol. The molecule has 7 heteroatoms. The second kappa shape index (κ2) is 5.61. The van der Waals surface area contributed by atoms with Crippen LogP contribution in [-0.2, 0) is 16.0 Å². The summed E-state index contributed by atoms with van der Waals surface area (Å²) in [6.45, 7) is 1.70. The van der Waals surface area contributed by atoms with Crippen molar-refractivity contribution in [2.75, 3.05) is 17.3 Å². The molecule has 2 amide bonds. The molecule has 1 saturated heterocycles. The molecule has 2 aliphatic heterocycles. The highest BCUT2D eigenvalue weighted by molar-refractivity contribution is 6.30. The first-order valence-corrected chi connectivity index (χ1v) is 7.51. The molecule has 0 radical (unpaired) electrons. The highest BCUT2D eigenvalue weighted by atomic mass is 35.5. The monoisotopic (exact) mass is 322 g/mol. The number of ketones is 1. The third-order valence-electron chi connectivity index (χ3n) is 3.97. The Morgan fingerprint density at radius 2 is 2.23 bits per heavy atom. The Bertz CT molecular complexity index is 661. The van der Waals surface area contributed by atoms with Crippen LogP contribution in [-0.4, -0.2) is 42.4 Å². The van der Waals surface area contributed by atoms with Crippen LogP contribution in [0.3, 0.4) is 0 Å². The fraction of sp³-hybridized carbons (Fsp3) is 0.400. The number of carbonyl (C=O) groups is 3. The largest absolute Gasteiger partial charge is 0.442 e. The molecule has 116 valence electrons. The summed E-state index contributed by atoms with van der Waals surface area (Å²) in [6.07, 6.45) is -0.221. The van der Waals surface area contributed by atoms with E-state index in [1.807, 2.05) is 0 Å². The fourth-order valence-corrected chi connectivity index (χ4v) is 3.10. The fourth-order valence-electron chi connectivity index (χ4n) is 2.95. The quantitative estimate of drug-likeness (QED) is 0.673. The van der Waals surface area contributed by atoms with Crippen molar-refractivity contribution in [3.8, 4) is 0 Å². The summed E-state index contributed by atoms with van der Waals surface area (Å²) in [5, 5.41) is 2.67. The SMILES string of the molecule is CC(=O)NCC1OC(=O)N2c3ccc(C(=O)CCl)cc3CC12. The maximum Gasteiger partial charge on any atom is 0.415 e. The van der Waals surface area contributed by atoms with Crippen molar-refractivity contribution in [2.24, 2.45) is 0 Å². The first-order valence-electron chi connectivity index (χ1n) is 6.97. The number of anilines is 1. The van der Waals surface area contributed by atoms with Crippen molar-refractivity contribution >= 4 is 35.1 Å². The van der Waals surface area contributed by atoms with Crippen LogP contribution in [0.15, 0.2) is 18.2 Å². The van der Waals surface area contributed by atoms with E-state index in [1.54, 1.807) is 23.1 Å². The highest BCUT2D eigenvalue weighted by Crippen LogP contribution is 2.39. The minimum Gasteiger partial charge on any atom is -0.442 e. The number of fused-ring (bicyclic) bond motifs is 3. The summed E-state index contributed by atoms with van der Waals surface area (Å²) >= 11 is 5.58. The summed E-state index contributed by atoms with van der Waals surface area (Å²) in [6, 6.07) is 5.04. The van der Waals surface area contributed by atoms with E-state index in [2.05, 4.69) is 5.32 Å². The van der Waals surface area contributed by atoms with Crippen LogP contribution in [0.25, 0.3) is 0 Å². The van der Waals surface area contributed by atoms with Crippen LogP contribution in [0.5, 0.6) is 0 Å². The van der Waals surface area contributed by atoms with Gasteiger partial charge in [-0.3, -0.25) is 14.5 Å². The van der Waals surface area contributed by atoms with Gasteiger partial charge in [0.2, 0.25) is 5.91 Å². The lowest BCUT2D eigenvalue weighted by Gasteiger charge is -2.16. The number of nitrogens with zero attached hydrogens (tertiary/aromatic N) is 1. The molecular formula is C15H15ClN2O4. The van der Waals surface area contributed by atoms with Crippen molar-refractivity contribution in [3.05, 3.63) is 29.3 Å². The number of alkyl halides is 1. The van der Waals surface area contributed by atoms with Gasteiger partial charge in [0.05, 0.1) is 24.2 Å². The molecule has 2 aliphatic rings. The average Bonchev–Trinajstić information content (AvgIpc) is 3.01. The number of ether oxygens (including phenoxy) is 1. The van der Waals surface area contributed by atoms with Crippen molar-refractivity contribution in [1.82, 2.24) is 5.32 Å². The second-order valence-corrected chi connectivity index (χ2v) is 5.67. The molecule has 0 saturated carbocycles. The molecule has 0 spiro atoms. The zero-order valence-corrected chi connectivity index (χ0v) is 12.7. The van der Waals surface area contributed by atoms with E-state index in [9.17, 15) is 14.4 Å². The summed E-state index contributed by atoms with van der Waals surface area (Å²) in [7, 11) is 0. The minimum absolute atomic E-state index is 0.0703. The Kier molecular flexibility index (Phi) is 3.78. The molecule has 22 heavy (non-hydrogen) atoms. The van der Waals surface area contributed by atoms with E-state index >= 15 is 0 Å². The highest BCUT2D eigenvalue weighted by Gasteiger charge is 2.47. The van der Waals surface area contributed by atoms with Gasteiger partial charge in [0.1, 0.15) is 6.10 Å². The zero-order chi connectivity index (χ0) is 15.9. The van der Waals surface area contributed by atoms with Gasteiger partial charge in [-0.25, -0.2) is 4.79 Å². The van der Waals surface area contributed by atoms with Gasteiger partial charge < -0.3 is 10.1 Å². The van der Waals surface area contributed by atoms with E-state index in [-0.39, 0.29) is 30.2 Å². The van der Waals surface area contributed by atoms with Crippen LogP contribution < -0.4 is 10.2 Å². The van der Waals surface area contributed by atoms with E-state index in [4.69, 9.17) is 16.3 Å². The second-order valence-electron chi connectivity index (χ2n) is 5.40. The lowest BCUT2D eigenvalue weighted by atomic mass is 10.0. The lowest BCUT2D eigenvalue weighted by Crippen LogP contribution is -2.40. The number of halogens is 1. The first-order chi connectivity index (χ1) is 10.5. The molecule has 0 aliphatic carbocycles. The molecule has 0 bridgehead atoms. The van der Waals surface area contributed by atoms with Gasteiger partial charge in [-0.05, 0) is 30.2 Å². The van der Waals surface area contributed by atoms with Crippen molar-refractivity contribution in [1.29, 1.82) is 0 Å². The van der Waals surface area contributed by atoms with E-state index < -0.39 is 12.2 Å². The Morgan fingerprint density at radius 3 is 2.91 bits per heavy atom. The number of benzene rings is 1. The van der Waals surface area contributed by atoms with Crippen LogP contribution in [0.1, 0.15) is 22.8 Å². The zero-order valence-electron chi connectivity index (χ0n) is 12.0. The van der Waals surface area contributed by atoms with Crippen molar-refractivity contribution in [3.63, 3.8) is 0 Å². The van der Waals surface area contributed by atoms with Crippen LogP contribution in [0, 0.1) is 0 Å². The van der Waals surface area contributed by atoms with Gasteiger partial charge in [0, 0.05) is 12.5 Å². The third-order valence-corrected chi connectivity index (χ3v) is 4.22.